The van der Waals surface area contributed by atoms with E-state index in [0.717, 1.165) is 58.7 Å². The number of esters is 2. The highest BCUT2D eigenvalue weighted by Crippen LogP contribution is 2.36. The largest absolute Gasteiger partial charge is 0.490 e. The van der Waals surface area contributed by atoms with E-state index < -0.39 is 24.1 Å². The summed E-state index contributed by atoms with van der Waals surface area (Å²) < 4.78 is 22.3. The Morgan fingerprint density at radius 1 is 0.775 bits per heavy atom. The summed E-state index contributed by atoms with van der Waals surface area (Å²) in [5, 5.41) is 0.102. The molecule has 0 bridgehead atoms. The number of rotatable bonds is 16. The van der Waals surface area contributed by atoms with Gasteiger partial charge in [0.1, 0.15) is 46.1 Å². The second kappa shape index (κ2) is 18.3. The fourth-order valence-corrected chi connectivity index (χ4v) is 11.0. The Balaban J connectivity index is 1.52. The summed E-state index contributed by atoms with van der Waals surface area (Å²) in [6.07, 6.45) is 0.829. The van der Waals surface area contributed by atoms with Crippen molar-refractivity contribution in [1.82, 2.24) is 0 Å². The molecule has 2 atom stereocenters. The Morgan fingerprint density at radius 2 is 1.18 bits per heavy atom. The van der Waals surface area contributed by atoms with Crippen LogP contribution in [0.4, 0.5) is 0 Å². The van der Waals surface area contributed by atoms with Crippen LogP contribution in [0.3, 0.4) is 0 Å². The van der Waals surface area contributed by atoms with E-state index in [0.29, 0.717) is 11.5 Å². The third-order valence-electron chi connectivity index (χ3n) is 5.03. The van der Waals surface area contributed by atoms with Crippen molar-refractivity contribution in [3.8, 4) is 11.5 Å². The molecule has 40 heavy (non-hydrogen) atoms. The zero-order chi connectivity index (χ0) is 28.7. The molecule has 0 spiro atoms. The minimum Gasteiger partial charge on any atom is -0.490 e. The van der Waals surface area contributed by atoms with Gasteiger partial charge < -0.3 is 18.9 Å². The second-order valence-corrected chi connectivity index (χ2v) is 15.5. The third-order valence-corrected chi connectivity index (χ3v) is 13.7. The quantitative estimate of drug-likeness (QED) is 0.179. The van der Waals surface area contributed by atoms with Crippen LogP contribution in [-0.4, -0.2) is 91.3 Å². The van der Waals surface area contributed by atoms with Gasteiger partial charge in [0.25, 0.3) is 0 Å². The van der Waals surface area contributed by atoms with Crippen LogP contribution in [0.15, 0.2) is 49.6 Å². The van der Waals surface area contributed by atoms with Crippen LogP contribution in [0.25, 0.3) is 0 Å². The molecule has 218 valence electrons. The van der Waals surface area contributed by atoms with E-state index in [4.69, 9.17) is 18.9 Å². The van der Waals surface area contributed by atoms with Gasteiger partial charge in [-0.05, 0) is 12.1 Å². The van der Waals surface area contributed by atoms with Crippen molar-refractivity contribution >= 4 is 92.7 Å². The number of carbonyl (C=O) groups is 4. The molecule has 2 fully saturated rings. The first-order valence-electron chi connectivity index (χ1n) is 12.2. The molecule has 2 saturated heterocycles. The smallest absolute Gasteiger partial charge is 0.330 e. The number of carbonyl (C=O) groups excluding carboxylic acids is 4. The summed E-state index contributed by atoms with van der Waals surface area (Å²) in [6, 6.07) is 6.85. The normalized spacial score (nSPS) is 17.0. The first kappa shape index (κ1) is 33.2. The average Bonchev–Trinajstić information content (AvgIpc) is 3.71. The molecule has 2 heterocycles. The molecule has 0 N–H and O–H groups in total. The van der Waals surface area contributed by atoms with Gasteiger partial charge >= 0.3 is 11.9 Å². The van der Waals surface area contributed by atoms with Gasteiger partial charge in [-0.2, -0.15) is 0 Å². The van der Waals surface area contributed by atoms with Crippen molar-refractivity contribution in [1.29, 1.82) is 0 Å². The summed E-state index contributed by atoms with van der Waals surface area (Å²) in [4.78, 5) is 48.5. The summed E-state index contributed by atoms with van der Waals surface area (Å²) in [5.41, 5.74) is 0. The maximum absolute atomic E-state index is 12.4. The Bertz CT molecular complexity index is 965. The Morgan fingerprint density at radius 3 is 1.55 bits per heavy atom. The summed E-state index contributed by atoms with van der Waals surface area (Å²) >= 11 is 8.76. The molecular formula is C26H30O8S6. The van der Waals surface area contributed by atoms with Crippen molar-refractivity contribution in [3.63, 3.8) is 0 Å². The highest BCUT2D eigenvalue weighted by molar-refractivity contribution is 8.26. The van der Waals surface area contributed by atoms with E-state index in [-0.39, 0.29) is 44.1 Å². The van der Waals surface area contributed by atoms with Crippen molar-refractivity contribution in [2.75, 3.05) is 47.7 Å². The van der Waals surface area contributed by atoms with E-state index >= 15 is 0 Å². The van der Waals surface area contributed by atoms with Gasteiger partial charge in [-0.15, -0.1) is 47.0 Å². The standard InChI is InChI=1S/C26H30O8S6/c1-3-21(27)33-19(15-39-23(29)25-35-8-9-36-25)13-31-17-6-5-7-18(12-17)32-14-20(34-22(28)4-2)16-40-24(30)26-37-10-11-38-26/h3-7,12,19-20,25-26H,1-2,8-11,13-16H2. The molecule has 0 aromatic heterocycles. The first-order chi connectivity index (χ1) is 19.4. The maximum atomic E-state index is 12.4. The molecule has 2 aliphatic rings. The Labute approximate surface area is 259 Å². The molecule has 2 unspecified atom stereocenters. The zero-order valence-electron chi connectivity index (χ0n) is 21.6. The highest BCUT2D eigenvalue weighted by atomic mass is 32.2. The van der Waals surface area contributed by atoms with Crippen molar-refractivity contribution in [2.24, 2.45) is 0 Å². The molecule has 1 aromatic carbocycles. The summed E-state index contributed by atoms with van der Waals surface area (Å²) in [5.74, 6) is 4.07. The van der Waals surface area contributed by atoms with Crippen molar-refractivity contribution in [3.05, 3.63) is 49.6 Å². The fraction of sp³-hybridized carbons (Fsp3) is 0.462. The summed E-state index contributed by atoms with van der Waals surface area (Å²) in [6.45, 7) is 6.93. The molecule has 1 aromatic rings. The summed E-state index contributed by atoms with van der Waals surface area (Å²) in [7, 11) is 0. The van der Waals surface area contributed by atoms with Crippen LogP contribution < -0.4 is 9.47 Å². The lowest BCUT2D eigenvalue weighted by Crippen LogP contribution is -2.28. The fourth-order valence-electron chi connectivity index (χ4n) is 3.16. The van der Waals surface area contributed by atoms with Crippen molar-refractivity contribution in [2.45, 2.75) is 21.4 Å². The van der Waals surface area contributed by atoms with Gasteiger partial charge in [-0.1, -0.05) is 42.7 Å². The molecule has 8 nitrogen and oxygen atoms in total. The number of ether oxygens (including phenoxy) is 4. The molecule has 3 rings (SSSR count). The predicted molar refractivity (Wildman–Crippen MR) is 170 cm³/mol. The van der Waals surface area contributed by atoms with Crippen LogP contribution in [-0.2, 0) is 28.7 Å². The minimum absolute atomic E-state index is 0.0315. The van der Waals surface area contributed by atoms with E-state index in [2.05, 4.69) is 13.2 Å². The van der Waals surface area contributed by atoms with Gasteiger partial charge in [0.15, 0.2) is 0 Å². The molecule has 0 aliphatic carbocycles. The number of thioether (sulfide) groups is 6. The lowest BCUT2D eigenvalue weighted by Gasteiger charge is -2.19. The molecule has 2 aliphatic heterocycles. The number of hydrogen-bond donors (Lipinski definition) is 0. The van der Waals surface area contributed by atoms with Gasteiger partial charge in [-0.25, -0.2) is 9.59 Å². The second-order valence-electron chi connectivity index (χ2n) is 8.03. The van der Waals surface area contributed by atoms with Crippen LogP contribution in [0, 0.1) is 0 Å². The van der Waals surface area contributed by atoms with E-state index in [1.807, 2.05) is 0 Å². The lowest BCUT2D eigenvalue weighted by atomic mass is 10.3. The predicted octanol–water partition coefficient (Wildman–Crippen LogP) is 4.77. The van der Waals surface area contributed by atoms with Crippen LogP contribution in [0.2, 0.25) is 0 Å². The topological polar surface area (TPSA) is 105 Å². The van der Waals surface area contributed by atoms with Gasteiger partial charge in [0, 0.05) is 52.7 Å². The molecule has 0 amide bonds. The van der Waals surface area contributed by atoms with Gasteiger partial charge in [0.2, 0.25) is 10.2 Å². The van der Waals surface area contributed by atoms with Gasteiger partial charge in [0.05, 0.1) is 0 Å². The zero-order valence-corrected chi connectivity index (χ0v) is 26.5. The third kappa shape index (κ3) is 11.9. The maximum Gasteiger partial charge on any atom is 0.330 e. The number of benzene rings is 1. The SMILES string of the molecule is C=CC(=O)OC(COc1cccc(OCC(CSC(=O)C2SCCS2)OC(=O)C=C)c1)CSC(=O)C1SCCS1. The minimum atomic E-state index is -0.658. The first-order valence-corrected chi connectivity index (χ1v) is 18.4. The van der Waals surface area contributed by atoms with E-state index in [9.17, 15) is 19.2 Å². The van der Waals surface area contributed by atoms with Crippen molar-refractivity contribution < 1.29 is 38.1 Å². The van der Waals surface area contributed by atoms with E-state index in [1.54, 1.807) is 71.3 Å². The van der Waals surface area contributed by atoms with E-state index in [1.165, 1.54) is 0 Å². The Hall–Kier alpha value is -1.32. The monoisotopic (exact) mass is 662 g/mol. The molecule has 14 heteroatoms. The molecule has 0 radical (unpaired) electrons. The Kier molecular flexibility index (Phi) is 15.2. The number of hydrogen-bond acceptors (Lipinski definition) is 14. The van der Waals surface area contributed by atoms with Crippen LogP contribution in [0.1, 0.15) is 0 Å². The lowest BCUT2D eigenvalue weighted by molar-refractivity contribution is -0.144. The highest BCUT2D eigenvalue weighted by Gasteiger charge is 2.27. The average molecular weight is 663 g/mol. The molecule has 0 saturated carbocycles. The van der Waals surface area contributed by atoms with Crippen LogP contribution in [0.5, 0.6) is 11.5 Å². The van der Waals surface area contributed by atoms with Gasteiger partial charge in [-0.3, -0.25) is 9.59 Å². The molecular weight excluding hydrogens is 633 g/mol. The van der Waals surface area contributed by atoms with Crippen LogP contribution >= 0.6 is 70.6 Å².